The summed E-state index contributed by atoms with van der Waals surface area (Å²) in [5.41, 5.74) is 3.05. The second-order valence-corrected chi connectivity index (χ2v) is 6.97. The predicted molar refractivity (Wildman–Crippen MR) is 119 cm³/mol. The van der Waals surface area contributed by atoms with Crippen LogP contribution >= 0.6 is 0 Å². The highest BCUT2D eigenvalue weighted by Crippen LogP contribution is 2.36. The summed E-state index contributed by atoms with van der Waals surface area (Å²) < 4.78 is 22.0. The van der Waals surface area contributed by atoms with Gasteiger partial charge in [0.25, 0.3) is 0 Å². The fraction of sp³-hybridized carbons (Fsp3) is 0.292. The van der Waals surface area contributed by atoms with Gasteiger partial charge in [0.2, 0.25) is 0 Å². The van der Waals surface area contributed by atoms with Crippen molar-refractivity contribution in [3.05, 3.63) is 54.1 Å². The summed E-state index contributed by atoms with van der Waals surface area (Å²) >= 11 is 0. The first-order valence-electron chi connectivity index (χ1n) is 9.94. The standard InChI is InChI=1S/C24H26N2O4/c1-27-10-11-30-23-14-16-4-5-17(20-7-6-19(28-2)15-22(20)29-3)12-18(16)13-21(23)24-25-8-9-26-24/h4-7,12-15H,8-11H2,1-3H3,(H,25,26). The number of hydrogen-bond donors (Lipinski definition) is 1. The van der Waals surface area contributed by atoms with E-state index in [0.717, 1.165) is 63.6 Å². The van der Waals surface area contributed by atoms with Gasteiger partial charge < -0.3 is 24.3 Å². The monoisotopic (exact) mass is 406 g/mol. The van der Waals surface area contributed by atoms with E-state index in [1.165, 1.54) is 0 Å². The lowest BCUT2D eigenvalue weighted by atomic mass is 9.98. The number of nitrogens with zero attached hydrogens (tertiary/aromatic N) is 1. The zero-order valence-electron chi connectivity index (χ0n) is 17.5. The Morgan fingerprint density at radius 1 is 0.833 bits per heavy atom. The van der Waals surface area contributed by atoms with Gasteiger partial charge >= 0.3 is 0 Å². The van der Waals surface area contributed by atoms with Crippen molar-refractivity contribution >= 4 is 16.6 Å². The molecule has 30 heavy (non-hydrogen) atoms. The summed E-state index contributed by atoms with van der Waals surface area (Å²) in [6, 6.07) is 16.4. The smallest absolute Gasteiger partial charge is 0.132 e. The van der Waals surface area contributed by atoms with Crippen LogP contribution in [0.4, 0.5) is 0 Å². The van der Waals surface area contributed by atoms with Crippen molar-refractivity contribution < 1.29 is 18.9 Å². The molecule has 0 amide bonds. The van der Waals surface area contributed by atoms with Gasteiger partial charge in [0, 0.05) is 25.3 Å². The second kappa shape index (κ2) is 9.05. The minimum Gasteiger partial charge on any atom is -0.497 e. The van der Waals surface area contributed by atoms with Crippen LogP contribution in [0.2, 0.25) is 0 Å². The maximum atomic E-state index is 6.00. The molecule has 0 saturated carbocycles. The SMILES string of the molecule is COCCOc1cc2ccc(-c3ccc(OC)cc3OC)cc2cc1C1=NCCN1. The molecule has 0 spiro atoms. The minimum atomic E-state index is 0.490. The Labute approximate surface area is 176 Å². The second-order valence-electron chi connectivity index (χ2n) is 6.97. The summed E-state index contributed by atoms with van der Waals surface area (Å²) in [4.78, 5) is 4.59. The fourth-order valence-electron chi connectivity index (χ4n) is 3.60. The average Bonchev–Trinajstić information content (AvgIpc) is 3.32. The molecule has 156 valence electrons. The summed E-state index contributed by atoms with van der Waals surface area (Å²) in [5, 5.41) is 5.56. The topological polar surface area (TPSA) is 61.3 Å². The molecule has 1 aliphatic rings. The number of fused-ring (bicyclic) bond motifs is 1. The maximum absolute atomic E-state index is 6.00. The lowest BCUT2D eigenvalue weighted by molar-refractivity contribution is 0.146. The zero-order chi connectivity index (χ0) is 20.9. The van der Waals surface area contributed by atoms with Gasteiger partial charge in [-0.1, -0.05) is 12.1 Å². The third-order valence-corrected chi connectivity index (χ3v) is 5.13. The molecule has 1 N–H and O–H groups in total. The maximum Gasteiger partial charge on any atom is 0.132 e. The molecular formula is C24H26N2O4. The van der Waals surface area contributed by atoms with E-state index in [2.05, 4.69) is 40.6 Å². The van der Waals surface area contributed by atoms with E-state index < -0.39 is 0 Å². The largest absolute Gasteiger partial charge is 0.497 e. The van der Waals surface area contributed by atoms with E-state index in [4.69, 9.17) is 18.9 Å². The predicted octanol–water partition coefficient (Wildman–Crippen LogP) is 3.90. The van der Waals surface area contributed by atoms with E-state index in [-0.39, 0.29) is 0 Å². The highest BCUT2D eigenvalue weighted by Gasteiger charge is 2.16. The first-order valence-corrected chi connectivity index (χ1v) is 9.94. The fourth-order valence-corrected chi connectivity index (χ4v) is 3.60. The normalized spacial score (nSPS) is 13.1. The summed E-state index contributed by atoms with van der Waals surface area (Å²) in [5.74, 6) is 3.22. The number of benzene rings is 3. The van der Waals surface area contributed by atoms with Gasteiger partial charge in [-0.25, -0.2) is 0 Å². The highest BCUT2D eigenvalue weighted by atomic mass is 16.5. The molecule has 0 aliphatic carbocycles. The molecular weight excluding hydrogens is 380 g/mol. The van der Waals surface area contributed by atoms with Crippen LogP contribution < -0.4 is 19.5 Å². The van der Waals surface area contributed by atoms with Crippen LogP contribution in [-0.2, 0) is 4.74 Å². The lowest BCUT2D eigenvalue weighted by Gasteiger charge is -2.15. The molecule has 4 rings (SSSR count). The van der Waals surface area contributed by atoms with Crippen LogP contribution in [0.3, 0.4) is 0 Å². The number of aliphatic imine (C=N–C) groups is 1. The molecule has 0 unspecified atom stereocenters. The zero-order valence-corrected chi connectivity index (χ0v) is 17.5. The molecule has 3 aromatic carbocycles. The van der Waals surface area contributed by atoms with Gasteiger partial charge in [-0.2, -0.15) is 0 Å². The average molecular weight is 406 g/mol. The molecule has 1 heterocycles. The Hall–Kier alpha value is -3.25. The van der Waals surface area contributed by atoms with Crippen molar-refractivity contribution in [2.75, 3.05) is 47.6 Å². The minimum absolute atomic E-state index is 0.490. The summed E-state index contributed by atoms with van der Waals surface area (Å²) in [7, 11) is 4.99. The third-order valence-electron chi connectivity index (χ3n) is 5.13. The Balaban J connectivity index is 1.78. The summed E-state index contributed by atoms with van der Waals surface area (Å²) in [6.45, 7) is 2.64. The van der Waals surface area contributed by atoms with Crippen LogP contribution in [-0.4, -0.2) is 53.5 Å². The molecule has 0 fully saturated rings. The molecule has 0 bridgehead atoms. The van der Waals surface area contributed by atoms with Crippen molar-refractivity contribution in [1.82, 2.24) is 5.32 Å². The Morgan fingerprint density at radius 2 is 1.73 bits per heavy atom. The van der Waals surface area contributed by atoms with E-state index in [1.54, 1.807) is 21.3 Å². The third kappa shape index (κ3) is 4.04. The lowest BCUT2D eigenvalue weighted by Crippen LogP contribution is -2.20. The molecule has 0 saturated heterocycles. The van der Waals surface area contributed by atoms with Crippen LogP contribution in [0.5, 0.6) is 17.2 Å². The number of amidine groups is 1. The van der Waals surface area contributed by atoms with Crippen LogP contribution in [0.25, 0.3) is 21.9 Å². The van der Waals surface area contributed by atoms with Crippen LogP contribution in [0.15, 0.2) is 53.5 Å². The molecule has 0 atom stereocenters. The molecule has 0 aromatic heterocycles. The molecule has 6 heteroatoms. The first-order chi connectivity index (χ1) is 14.7. The van der Waals surface area contributed by atoms with Crippen molar-refractivity contribution in [2.24, 2.45) is 4.99 Å². The Morgan fingerprint density at radius 3 is 2.47 bits per heavy atom. The molecule has 3 aromatic rings. The Kier molecular flexibility index (Phi) is 6.05. The van der Waals surface area contributed by atoms with Crippen LogP contribution in [0.1, 0.15) is 5.56 Å². The van der Waals surface area contributed by atoms with Gasteiger partial charge in [0.1, 0.15) is 29.7 Å². The van der Waals surface area contributed by atoms with E-state index in [0.29, 0.717) is 13.2 Å². The first kappa shape index (κ1) is 20.0. The van der Waals surface area contributed by atoms with Crippen molar-refractivity contribution in [3.8, 4) is 28.4 Å². The van der Waals surface area contributed by atoms with Crippen molar-refractivity contribution in [3.63, 3.8) is 0 Å². The number of methoxy groups -OCH3 is 3. The van der Waals surface area contributed by atoms with Crippen molar-refractivity contribution in [1.29, 1.82) is 0 Å². The number of rotatable bonds is 8. The van der Waals surface area contributed by atoms with Gasteiger partial charge in [0.05, 0.1) is 32.9 Å². The van der Waals surface area contributed by atoms with Gasteiger partial charge in [0.15, 0.2) is 0 Å². The van der Waals surface area contributed by atoms with E-state index in [1.807, 2.05) is 18.2 Å². The number of nitrogens with one attached hydrogen (secondary N) is 1. The van der Waals surface area contributed by atoms with Crippen molar-refractivity contribution in [2.45, 2.75) is 0 Å². The summed E-state index contributed by atoms with van der Waals surface area (Å²) in [6.07, 6.45) is 0. The molecule has 0 radical (unpaired) electrons. The van der Waals surface area contributed by atoms with Gasteiger partial charge in [-0.15, -0.1) is 0 Å². The quantitative estimate of drug-likeness (QED) is 0.575. The van der Waals surface area contributed by atoms with Crippen LogP contribution in [0, 0.1) is 0 Å². The van der Waals surface area contributed by atoms with Gasteiger partial charge in [-0.3, -0.25) is 4.99 Å². The Bertz CT molecular complexity index is 1080. The number of ether oxygens (including phenoxy) is 4. The number of hydrogen-bond acceptors (Lipinski definition) is 6. The van der Waals surface area contributed by atoms with E-state index >= 15 is 0 Å². The van der Waals surface area contributed by atoms with Gasteiger partial charge in [-0.05, 0) is 46.7 Å². The van der Waals surface area contributed by atoms with E-state index in [9.17, 15) is 0 Å². The molecule has 6 nitrogen and oxygen atoms in total. The highest BCUT2D eigenvalue weighted by molar-refractivity contribution is 6.06. The molecule has 1 aliphatic heterocycles.